The number of hydrogen-bond acceptors (Lipinski definition) is 4. The molecule has 0 saturated carbocycles. The van der Waals surface area contributed by atoms with Crippen LogP contribution < -0.4 is 10.1 Å². The van der Waals surface area contributed by atoms with E-state index >= 15 is 0 Å². The lowest BCUT2D eigenvalue weighted by molar-refractivity contribution is -0.116. The van der Waals surface area contributed by atoms with Crippen LogP contribution in [0, 0.1) is 13.8 Å². The fourth-order valence-electron chi connectivity index (χ4n) is 2.91. The van der Waals surface area contributed by atoms with Crippen LogP contribution in [0.4, 0.5) is 5.69 Å². The Hall–Kier alpha value is -3.41. The molecule has 0 atom stereocenters. The monoisotopic (exact) mass is 377 g/mol. The second kappa shape index (κ2) is 8.08. The molecular formula is C22H23N3O3. The van der Waals surface area contributed by atoms with Gasteiger partial charge in [0.1, 0.15) is 11.4 Å². The number of methoxy groups -OCH3 is 1. The highest BCUT2D eigenvalue weighted by Crippen LogP contribution is 2.20. The molecule has 0 fully saturated rings. The molecule has 144 valence electrons. The van der Waals surface area contributed by atoms with Crippen molar-refractivity contribution in [2.75, 3.05) is 26.0 Å². The summed E-state index contributed by atoms with van der Waals surface area (Å²) < 4.78 is 5.20. The van der Waals surface area contributed by atoms with E-state index in [0.717, 1.165) is 28.0 Å². The number of carbonyl (C=O) groups is 2. The highest BCUT2D eigenvalue weighted by atomic mass is 16.5. The number of benzene rings is 2. The summed E-state index contributed by atoms with van der Waals surface area (Å²) in [5, 5.41) is 3.74. The number of likely N-dealkylation sites (N-methyl/N-ethyl adjacent to an activating group) is 1. The summed E-state index contributed by atoms with van der Waals surface area (Å²) >= 11 is 0. The minimum absolute atomic E-state index is 0.0610. The first-order valence-electron chi connectivity index (χ1n) is 8.95. The maximum absolute atomic E-state index is 12.7. The number of anilines is 1. The summed E-state index contributed by atoms with van der Waals surface area (Å²) in [6, 6.07) is 14.7. The van der Waals surface area contributed by atoms with Crippen LogP contribution in [0.15, 0.2) is 48.5 Å². The van der Waals surface area contributed by atoms with Crippen molar-refractivity contribution in [2.24, 2.45) is 0 Å². The lowest BCUT2D eigenvalue weighted by atomic mass is 10.1. The van der Waals surface area contributed by atoms with Gasteiger partial charge in [0.15, 0.2) is 0 Å². The highest BCUT2D eigenvalue weighted by Gasteiger charge is 2.17. The first kappa shape index (κ1) is 19.4. The minimum Gasteiger partial charge on any atom is -0.497 e. The maximum atomic E-state index is 12.7. The molecule has 0 aliphatic carbocycles. The number of ether oxygens (including phenoxy) is 1. The Bertz CT molecular complexity index is 1050. The predicted molar refractivity (Wildman–Crippen MR) is 110 cm³/mol. The van der Waals surface area contributed by atoms with E-state index in [1.165, 1.54) is 4.90 Å². The molecule has 28 heavy (non-hydrogen) atoms. The number of fused-ring (bicyclic) bond motifs is 1. The number of hydrogen-bond donors (Lipinski definition) is 1. The summed E-state index contributed by atoms with van der Waals surface area (Å²) in [6.07, 6.45) is 0. The van der Waals surface area contributed by atoms with Gasteiger partial charge in [-0.25, -0.2) is 4.98 Å². The Labute approximate surface area is 164 Å². The molecule has 2 aromatic carbocycles. The molecule has 0 spiro atoms. The smallest absolute Gasteiger partial charge is 0.272 e. The zero-order valence-corrected chi connectivity index (χ0v) is 16.4. The Morgan fingerprint density at radius 2 is 1.89 bits per heavy atom. The van der Waals surface area contributed by atoms with Gasteiger partial charge in [0, 0.05) is 18.1 Å². The molecule has 2 amide bonds. The van der Waals surface area contributed by atoms with Crippen LogP contribution in [-0.4, -0.2) is 42.4 Å². The molecule has 6 heteroatoms. The third kappa shape index (κ3) is 4.11. The molecule has 0 aliphatic rings. The van der Waals surface area contributed by atoms with Crippen LogP contribution in [0.25, 0.3) is 10.9 Å². The second-order valence-corrected chi connectivity index (χ2v) is 6.71. The van der Waals surface area contributed by atoms with Crippen molar-refractivity contribution in [3.63, 3.8) is 0 Å². The lowest BCUT2D eigenvalue weighted by Gasteiger charge is -2.17. The van der Waals surface area contributed by atoms with E-state index in [0.29, 0.717) is 11.2 Å². The van der Waals surface area contributed by atoms with Crippen LogP contribution in [0.3, 0.4) is 0 Å². The summed E-state index contributed by atoms with van der Waals surface area (Å²) in [4.78, 5) is 30.8. The van der Waals surface area contributed by atoms with E-state index in [1.807, 2.05) is 44.2 Å². The number of nitrogens with one attached hydrogen (secondary N) is 1. The Morgan fingerprint density at radius 1 is 1.11 bits per heavy atom. The molecule has 3 rings (SSSR count). The van der Waals surface area contributed by atoms with Crippen molar-refractivity contribution in [2.45, 2.75) is 13.8 Å². The summed E-state index contributed by atoms with van der Waals surface area (Å²) in [7, 11) is 3.19. The minimum atomic E-state index is -0.311. The van der Waals surface area contributed by atoms with E-state index in [4.69, 9.17) is 4.74 Å². The molecule has 0 radical (unpaired) electrons. The normalized spacial score (nSPS) is 10.6. The van der Waals surface area contributed by atoms with Crippen LogP contribution in [0.1, 0.15) is 21.6 Å². The number of pyridine rings is 1. The summed E-state index contributed by atoms with van der Waals surface area (Å²) in [6.45, 7) is 3.88. The topological polar surface area (TPSA) is 71.5 Å². The van der Waals surface area contributed by atoms with Gasteiger partial charge < -0.3 is 15.0 Å². The zero-order valence-electron chi connectivity index (χ0n) is 16.4. The molecule has 1 N–H and O–H groups in total. The van der Waals surface area contributed by atoms with E-state index in [-0.39, 0.29) is 18.4 Å². The Morgan fingerprint density at radius 3 is 2.64 bits per heavy atom. The van der Waals surface area contributed by atoms with Crippen molar-refractivity contribution in [3.8, 4) is 5.75 Å². The van der Waals surface area contributed by atoms with Crippen molar-refractivity contribution < 1.29 is 14.3 Å². The SMILES string of the molecule is COc1ccc2nc(C(=O)N(C)CC(=O)Nc3cccc(C)c3C)ccc2c1. The Balaban J connectivity index is 1.70. The van der Waals surface area contributed by atoms with Gasteiger partial charge in [-0.15, -0.1) is 0 Å². The predicted octanol–water partition coefficient (Wildman–Crippen LogP) is 3.57. The number of amides is 2. The van der Waals surface area contributed by atoms with Gasteiger partial charge in [0.25, 0.3) is 5.91 Å². The van der Waals surface area contributed by atoms with E-state index in [1.54, 1.807) is 32.4 Å². The van der Waals surface area contributed by atoms with Gasteiger partial charge in [-0.1, -0.05) is 18.2 Å². The third-order valence-electron chi connectivity index (χ3n) is 4.72. The third-order valence-corrected chi connectivity index (χ3v) is 4.72. The van der Waals surface area contributed by atoms with E-state index in [9.17, 15) is 9.59 Å². The molecule has 0 saturated heterocycles. The average molecular weight is 377 g/mol. The molecule has 1 aromatic heterocycles. The van der Waals surface area contributed by atoms with Gasteiger partial charge in [0.2, 0.25) is 5.91 Å². The molecule has 3 aromatic rings. The van der Waals surface area contributed by atoms with Gasteiger partial charge in [0.05, 0.1) is 19.2 Å². The fourth-order valence-corrected chi connectivity index (χ4v) is 2.91. The number of aromatic nitrogens is 1. The fraction of sp³-hybridized carbons (Fsp3) is 0.227. The summed E-state index contributed by atoms with van der Waals surface area (Å²) in [5.74, 6) is 0.164. The quantitative estimate of drug-likeness (QED) is 0.738. The van der Waals surface area contributed by atoms with Crippen LogP contribution >= 0.6 is 0 Å². The zero-order chi connectivity index (χ0) is 20.3. The second-order valence-electron chi connectivity index (χ2n) is 6.71. The summed E-state index contributed by atoms with van der Waals surface area (Å²) in [5.41, 5.74) is 3.85. The Kier molecular flexibility index (Phi) is 5.59. The number of rotatable bonds is 5. The largest absolute Gasteiger partial charge is 0.497 e. The van der Waals surface area contributed by atoms with Crippen molar-refractivity contribution in [1.29, 1.82) is 0 Å². The average Bonchev–Trinajstić information content (AvgIpc) is 2.69. The first-order chi connectivity index (χ1) is 13.4. The standard InChI is InChI=1S/C22H23N3O3/c1-14-6-5-7-18(15(14)2)24-21(26)13-25(3)22(27)20-10-8-16-12-17(28-4)9-11-19(16)23-20/h5-12H,13H2,1-4H3,(H,24,26). The molecule has 6 nitrogen and oxygen atoms in total. The first-order valence-corrected chi connectivity index (χ1v) is 8.95. The molecule has 0 unspecified atom stereocenters. The van der Waals surface area contributed by atoms with Gasteiger partial charge in [-0.05, 0) is 55.3 Å². The molecular weight excluding hydrogens is 354 g/mol. The van der Waals surface area contributed by atoms with Crippen LogP contribution in [0.2, 0.25) is 0 Å². The van der Waals surface area contributed by atoms with Crippen molar-refractivity contribution in [3.05, 3.63) is 65.4 Å². The van der Waals surface area contributed by atoms with Crippen molar-refractivity contribution in [1.82, 2.24) is 9.88 Å². The van der Waals surface area contributed by atoms with Gasteiger partial charge >= 0.3 is 0 Å². The van der Waals surface area contributed by atoms with E-state index in [2.05, 4.69) is 10.3 Å². The highest BCUT2D eigenvalue weighted by molar-refractivity contribution is 5.99. The van der Waals surface area contributed by atoms with Crippen LogP contribution in [0.5, 0.6) is 5.75 Å². The number of nitrogens with zero attached hydrogens (tertiary/aromatic N) is 2. The molecule has 0 aliphatic heterocycles. The number of aryl methyl sites for hydroxylation is 1. The number of carbonyl (C=O) groups excluding carboxylic acids is 2. The molecule has 0 bridgehead atoms. The van der Waals surface area contributed by atoms with Gasteiger partial charge in [-0.2, -0.15) is 0 Å². The van der Waals surface area contributed by atoms with Crippen LogP contribution in [-0.2, 0) is 4.79 Å². The molecule has 1 heterocycles. The maximum Gasteiger partial charge on any atom is 0.272 e. The van der Waals surface area contributed by atoms with Crippen molar-refractivity contribution >= 4 is 28.4 Å². The lowest BCUT2D eigenvalue weighted by Crippen LogP contribution is -2.35. The van der Waals surface area contributed by atoms with Gasteiger partial charge in [-0.3, -0.25) is 9.59 Å². The van der Waals surface area contributed by atoms with E-state index < -0.39 is 0 Å².